The Kier molecular flexibility index (Phi) is 4.33. The normalized spacial score (nSPS) is 13.4. The highest BCUT2D eigenvalue weighted by atomic mass is 32.2. The molecule has 4 nitrogen and oxygen atoms in total. The smallest absolute Gasteiger partial charge is 0.262 e. The van der Waals surface area contributed by atoms with E-state index in [9.17, 15) is 4.79 Å². The van der Waals surface area contributed by atoms with Crippen LogP contribution in [0, 0.1) is 0 Å². The van der Waals surface area contributed by atoms with Gasteiger partial charge in [0.05, 0.1) is 12.0 Å². The summed E-state index contributed by atoms with van der Waals surface area (Å²) in [7, 11) is 1.81. The predicted octanol–water partition coefficient (Wildman–Crippen LogP) is 3.65. The predicted molar refractivity (Wildman–Crippen MR) is 99.5 cm³/mol. The van der Waals surface area contributed by atoms with Crippen LogP contribution in [-0.4, -0.2) is 21.9 Å². The third-order valence-corrected chi connectivity index (χ3v) is 6.41. The minimum absolute atomic E-state index is 0.0888. The Bertz CT molecular complexity index is 932. The van der Waals surface area contributed by atoms with E-state index in [4.69, 9.17) is 9.72 Å². The first-order valence-corrected chi connectivity index (χ1v) is 9.86. The van der Waals surface area contributed by atoms with Crippen LogP contribution in [0.3, 0.4) is 0 Å². The molecule has 6 heteroatoms. The van der Waals surface area contributed by atoms with Gasteiger partial charge in [0.15, 0.2) is 5.16 Å². The number of aromatic nitrogens is 2. The Labute approximate surface area is 148 Å². The van der Waals surface area contributed by atoms with Gasteiger partial charge in [0.25, 0.3) is 5.56 Å². The van der Waals surface area contributed by atoms with Crippen LogP contribution in [0.25, 0.3) is 10.2 Å². The lowest BCUT2D eigenvalue weighted by Gasteiger charge is -2.08. The number of thiophene rings is 1. The molecular formula is C18H18N2O2S2. The SMILES string of the molecule is Cn1c(SCCOc2ccccc2)nc2sc3c(c2c1=O)CCC3. The van der Waals surface area contributed by atoms with E-state index in [1.54, 1.807) is 27.7 Å². The standard InChI is InChI=1S/C18H18N2O2S2/c1-20-17(21)15-13-8-5-9-14(13)24-16(15)19-18(20)23-11-10-22-12-6-3-2-4-7-12/h2-4,6-7H,5,8-11H2,1H3. The Hall–Kier alpha value is -1.79. The maximum absolute atomic E-state index is 12.7. The van der Waals surface area contributed by atoms with Crippen LogP contribution in [0.15, 0.2) is 40.3 Å². The molecule has 0 atom stereocenters. The first kappa shape index (κ1) is 15.7. The second-order valence-electron chi connectivity index (χ2n) is 5.81. The van der Waals surface area contributed by atoms with Crippen molar-refractivity contribution in [3.63, 3.8) is 0 Å². The second-order valence-corrected chi connectivity index (χ2v) is 7.95. The van der Waals surface area contributed by atoms with Gasteiger partial charge in [-0.05, 0) is 37.0 Å². The zero-order valence-electron chi connectivity index (χ0n) is 13.4. The van der Waals surface area contributed by atoms with Crippen molar-refractivity contribution < 1.29 is 4.74 Å². The van der Waals surface area contributed by atoms with E-state index in [0.717, 1.165) is 46.1 Å². The molecule has 1 aliphatic carbocycles. The Morgan fingerprint density at radius 2 is 2.12 bits per heavy atom. The fourth-order valence-corrected chi connectivity index (χ4v) is 5.14. The average Bonchev–Trinajstić information content (AvgIpc) is 3.17. The zero-order valence-corrected chi connectivity index (χ0v) is 15.1. The summed E-state index contributed by atoms with van der Waals surface area (Å²) in [5.74, 6) is 1.62. The van der Waals surface area contributed by atoms with Crippen molar-refractivity contribution in [2.75, 3.05) is 12.4 Å². The molecule has 0 amide bonds. The average molecular weight is 358 g/mol. The third-order valence-electron chi connectivity index (χ3n) is 4.23. The van der Waals surface area contributed by atoms with Crippen molar-refractivity contribution in [3.05, 3.63) is 51.1 Å². The first-order chi connectivity index (χ1) is 11.7. The zero-order chi connectivity index (χ0) is 16.5. The molecule has 1 aliphatic rings. The van der Waals surface area contributed by atoms with Gasteiger partial charge in [0.2, 0.25) is 0 Å². The van der Waals surface area contributed by atoms with E-state index >= 15 is 0 Å². The van der Waals surface area contributed by atoms with Crippen LogP contribution >= 0.6 is 23.1 Å². The van der Waals surface area contributed by atoms with Crippen molar-refractivity contribution in [3.8, 4) is 5.75 Å². The van der Waals surface area contributed by atoms with Gasteiger partial charge in [-0.1, -0.05) is 30.0 Å². The summed E-state index contributed by atoms with van der Waals surface area (Å²) in [5, 5.41) is 1.61. The van der Waals surface area contributed by atoms with Crippen molar-refractivity contribution in [1.29, 1.82) is 0 Å². The highest BCUT2D eigenvalue weighted by molar-refractivity contribution is 7.99. The van der Waals surface area contributed by atoms with E-state index in [2.05, 4.69) is 0 Å². The molecule has 0 bridgehead atoms. The molecule has 0 spiro atoms. The summed E-state index contributed by atoms with van der Waals surface area (Å²) in [4.78, 5) is 19.7. The van der Waals surface area contributed by atoms with Gasteiger partial charge in [-0.25, -0.2) is 4.98 Å². The molecule has 0 radical (unpaired) electrons. The number of benzene rings is 1. The fraction of sp³-hybridized carbons (Fsp3) is 0.333. The molecule has 0 N–H and O–H groups in total. The number of aryl methyl sites for hydroxylation is 2. The van der Waals surface area contributed by atoms with Crippen LogP contribution in [0.1, 0.15) is 16.9 Å². The molecule has 24 heavy (non-hydrogen) atoms. The largest absolute Gasteiger partial charge is 0.493 e. The number of para-hydroxylation sites is 1. The molecular weight excluding hydrogens is 340 g/mol. The monoisotopic (exact) mass is 358 g/mol. The number of nitrogens with zero attached hydrogens (tertiary/aromatic N) is 2. The van der Waals surface area contributed by atoms with Gasteiger partial charge < -0.3 is 4.74 Å². The van der Waals surface area contributed by atoms with Crippen molar-refractivity contribution in [2.45, 2.75) is 24.4 Å². The Morgan fingerprint density at radius 1 is 1.29 bits per heavy atom. The lowest BCUT2D eigenvalue weighted by molar-refractivity contribution is 0.344. The molecule has 2 heterocycles. The van der Waals surface area contributed by atoms with Gasteiger partial charge in [-0.3, -0.25) is 9.36 Å². The molecule has 4 rings (SSSR count). The van der Waals surface area contributed by atoms with E-state index in [1.165, 1.54) is 10.4 Å². The second kappa shape index (κ2) is 6.61. The van der Waals surface area contributed by atoms with E-state index in [0.29, 0.717) is 6.61 Å². The number of ether oxygens (including phenoxy) is 1. The minimum atomic E-state index is 0.0888. The van der Waals surface area contributed by atoms with E-state index in [1.807, 2.05) is 37.4 Å². The molecule has 0 aliphatic heterocycles. The van der Waals surface area contributed by atoms with Crippen molar-refractivity contribution >= 4 is 33.3 Å². The molecule has 0 fully saturated rings. The van der Waals surface area contributed by atoms with E-state index in [-0.39, 0.29) is 5.56 Å². The summed E-state index contributed by atoms with van der Waals surface area (Å²) < 4.78 is 7.38. The molecule has 1 aromatic carbocycles. The number of hydrogen-bond acceptors (Lipinski definition) is 5. The van der Waals surface area contributed by atoms with Gasteiger partial charge in [-0.15, -0.1) is 11.3 Å². The number of fused-ring (bicyclic) bond motifs is 3. The van der Waals surface area contributed by atoms with Crippen LogP contribution < -0.4 is 10.3 Å². The molecule has 2 aromatic heterocycles. The highest BCUT2D eigenvalue weighted by Gasteiger charge is 2.22. The maximum Gasteiger partial charge on any atom is 0.262 e. The molecule has 0 unspecified atom stereocenters. The van der Waals surface area contributed by atoms with Crippen LogP contribution in [0.2, 0.25) is 0 Å². The first-order valence-electron chi connectivity index (χ1n) is 8.06. The summed E-state index contributed by atoms with van der Waals surface area (Å²) in [6.07, 6.45) is 3.27. The van der Waals surface area contributed by atoms with E-state index < -0.39 is 0 Å². The Balaban J connectivity index is 1.50. The topological polar surface area (TPSA) is 44.1 Å². The molecule has 0 saturated carbocycles. The minimum Gasteiger partial charge on any atom is -0.493 e. The van der Waals surface area contributed by atoms with Gasteiger partial charge in [0.1, 0.15) is 10.6 Å². The summed E-state index contributed by atoms with van der Waals surface area (Å²) in [5.41, 5.74) is 1.33. The van der Waals surface area contributed by atoms with Crippen LogP contribution in [0.5, 0.6) is 5.75 Å². The molecule has 3 aromatic rings. The molecule has 124 valence electrons. The van der Waals surface area contributed by atoms with Gasteiger partial charge in [0, 0.05) is 17.7 Å². The fourth-order valence-electron chi connectivity index (χ4n) is 3.04. The molecule has 0 saturated heterocycles. The van der Waals surface area contributed by atoms with Crippen LogP contribution in [-0.2, 0) is 19.9 Å². The maximum atomic E-state index is 12.7. The number of thioether (sulfide) groups is 1. The highest BCUT2D eigenvalue weighted by Crippen LogP contribution is 2.35. The van der Waals surface area contributed by atoms with Crippen molar-refractivity contribution in [1.82, 2.24) is 9.55 Å². The summed E-state index contributed by atoms with van der Waals surface area (Å²) in [6.45, 7) is 0.587. The van der Waals surface area contributed by atoms with Gasteiger partial charge in [-0.2, -0.15) is 0 Å². The number of rotatable bonds is 5. The quantitative estimate of drug-likeness (QED) is 0.397. The lowest BCUT2D eigenvalue weighted by atomic mass is 10.2. The Morgan fingerprint density at radius 3 is 2.96 bits per heavy atom. The van der Waals surface area contributed by atoms with Crippen LogP contribution in [0.4, 0.5) is 0 Å². The third kappa shape index (κ3) is 2.84. The van der Waals surface area contributed by atoms with Gasteiger partial charge >= 0.3 is 0 Å². The summed E-state index contributed by atoms with van der Waals surface area (Å²) >= 11 is 3.26. The summed E-state index contributed by atoms with van der Waals surface area (Å²) in [6, 6.07) is 9.76. The lowest BCUT2D eigenvalue weighted by Crippen LogP contribution is -2.20. The van der Waals surface area contributed by atoms with Crippen molar-refractivity contribution in [2.24, 2.45) is 7.05 Å². The number of hydrogen-bond donors (Lipinski definition) is 0.